The molecule has 126 valence electrons. The minimum atomic E-state index is -0.291. The van der Waals surface area contributed by atoms with Crippen LogP contribution < -0.4 is 9.54 Å². The molecule has 0 N–H and O–H groups in total. The first kappa shape index (κ1) is 16.9. The quantitative estimate of drug-likeness (QED) is 0.515. The lowest BCUT2D eigenvalue weighted by atomic mass is 10.2. The van der Waals surface area contributed by atoms with Gasteiger partial charge in [-0.1, -0.05) is 47.7 Å². The number of fused-ring (bicyclic) bond motifs is 1. The van der Waals surface area contributed by atoms with Crippen LogP contribution in [-0.4, -0.2) is 17.6 Å². The van der Waals surface area contributed by atoms with E-state index in [4.69, 9.17) is 4.74 Å². The highest BCUT2D eigenvalue weighted by atomic mass is 32.1. The molecule has 25 heavy (non-hydrogen) atoms. The summed E-state index contributed by atoms with van der Waals surface area (Å²) in [6.07, 6.45) is 5.04. The number of hydrogen-bond acceptors (Lipinski definition) is 3. The minimum Gasteiger partial charge on any atom is -0.497 e. The standard InChI is InChI=1S/C20H18N2O2S/c1-3-13-22-17-11-10-16(24-2)14-18(17)25-20(22)21-19(23)12-9-15-7-5-4-6-8-15/h3-12,14H,1,13H2,2H3. The van der Waals surface area contributed by atoms with Crippen molar-refractivity contribution in [3.63, 3.8) is 0 Å². The van der Waals surface area contributed by atoms with Crippen LogP contribution in [0.2, 0.25) is 0 Å². The molecule has 0 aliphatic carbocycles. The molecule has 0 unspecified atom stereocenters. The molecule has 1 amide bonds. The number of allylic oxidation sites excluding steroid dienone is 1. The zero-order valence-corrected chi connectivity index (χ0v) is 14.7. The molecule has 0 atom stereocenters. The number of carbonyl (C=O) groups excluding carboxylic acids is 1. The molecular weight excluding hydrogens is 332 g/mol. The highest BCUT2D eigenvalue weighted by Gasteiger charge is 2.07. The minimum absolute atomic E-state index is 0.291. The third kappa shape index (κ3) is 3.95. The molecule has 3 aromatic rings. The van der Waals surface area contributed by atoms with Gasteiger partial charge in [-0.3, -0.25) is 4.79 Å². The monoisotopic (exact) mass is 350 g/mol. The lowest BCUT2D eigenvalue weighted by Gasteiger charge is -2.02. The molecule has 0 saturated carbocycles. The number of carbonyl (C=O) groups is 1. The van der Waals surface area contributed by atoms with E-state index >= 15 is 0 Å². The van der Waals surface area contributed by atoms with Gasteiger partial charge in [-0.25, -0.2) is 0 Å². The molecule has 3 rings (SSSR count). The van der Waals surface area contributed by atoms with E-state index in [9.17, 15) is 4.79 Å². The normalized spacial score (nSPS) is 12.0. The molecule has 0 aliphatic rings. The van der Waals surface area contributed by atoms with Crippen molar-refractivity contribution in [1.29, 1.82) is 0 Å². The summed E-state index contributed by atoms with van der Waals surface area (Å²) >= 11 is 1.46. The van der Waals surface area contributed by atoms with Crippen LogP contribution in [0.3, 0.4) is 0 Å². The topological polar surface area (TPSA) is 43.6 Å². The summed E-state index contributed by atoms with van der Waals surface area (Å²) in [5.74, 6) is 0.488. The maximum Gasteiger partial charge on any atom is 0.272 e. The summed E-state index contributed by atoms with van der Waals surface area (Å²) in [5.41, 5.74) is 1.97. The number of amides is 1. The van der Waals surface area contributed by atoms with Crippen LogP contribution in [0.25, 0.3) is 16.3 Å². The zero-order valence-electron chi connectivity index (χ0n) is 13.9. The molecule has 1 heterocycles. The van der Waals surface area contributed by atoms with Gasteiger partial charge in [0, 0.05) is 12.6 Å². The second-order valence-corrected chi connectivity index (χ2v) is 6.32. The summed E-state index contributed by atoms with van der Waals surface area (Å²) in [6, 6.07) is 15.5. The van der Waals surface area contributed by atoms with Gasteiger partial charge >= 0.3 is 0 Å². The van der Waals surface area contributed by atoms with Crippen LogP contribution in [0.1, 0.15) is 5.56 Å². The molecule has 0 spiro atoms. The third-order valence-corrected chi connectivity index (χ3v) is 4.67. The fourth-order valence-corrected chi connectivity index (χ4v) is 3.51. The predicted octanol–water partition coefficient (Wildman–Crippen LogP) is 4.04. The second-order valence-electron chi connectivity index (χ2n) is 5.31. The fraction of sp³-hybridized carbons (Fsp3) is 0.100. The van der Waals surface area contributed by atoms with Crippen molar-refractivity contribution in [3.8, 4) is 5.75 Å². The molecule has 0 aliphatic heterocycles. The van der Waals surface area contributed by atoms with Crippen molar-refractivity contribution in [2.24, 2.45) is 4.99 Å². The van der Waals surface area contributed by atoms with E-state index in [1.165, 1.54) is 17.4 Å². The van der Waals surface area contributed by atoms with Crippen LogP contribution >= 0.6 is 11.3 Å². The van der Waals surface area contributed by atoms with E-state index in [1.54, 1.807) is 19.3 Å². The van der Waals surface area contributed by atoms with Crippen LogP contribution in [0.5, 0.6) is 5.75 Å². The van der Waals surface area contributed by atoms with Crippen LogP contribution in [0.4, 0.5) is 0 Å². The van der Waals surface area contributed by atoms with Crippen LogP contribution in [0, 0.1) is 0 Å². The van der Waals surface area contributed by atoms with Crippen molar-refractivity contribution >= 4 is 33.5 Å². The molecule has 0 saturated heterocycles. The van der Waals surface area contributed by atoms with E-state index in [1.807, 2.05) is 53.1 Å². The number of nitrogens with zero attached hydrogens (tertiary/aromatic N) is 2. The summed E-state index contributed by atoms with van der Waals surface area (Å²) in [4.78, 5) is 17.1. The Balaban J connectivity index is 1.99. The maximum atomic E-state index is 12.2. The molecule has 0 bridgehead atoms. The first-order valence-corrected chi connectivity index (χ1v) is 8.63. The van der Waals surface area contributed by atoms with Gasteiger partial charge in [0.05, 0.1) is 17.3 Å². The molecule has 0 radical (unpaired) electrons. The van der Waals surface area contributed by atoms with Gasteiger partial charge in [0.1, 0.15) is 5.75 Å². The van der Waals surface area contributed by atoms with Gasteiger partial charge in [-0.15, -0.1) is 6.58 Å². The Labute approximate surface area is 150 Å². The lowest BCUT2D eigenvalue weighted by molar-refractivity contribution is -0.113. The second kappa shape index (κ2) is 7.77. The molecule has 5 heteroatoms. The van der Waals surface area contributed by atoms with Gasteiger partial charge < -0.3 is 9.30 Å². The van der Waals surface area contributed by atoms with Gasteiger partial charge in [0.15, 0.2) is 4.80 Å². The third-order valence-electron chi connectivity index (χ3n) is 3.63. The SMILES string of the molecule is C=CCn1c(=NC(=O)C=Cc2ccccc2)sc2cc(OC)ccc21. The highest BCUT2D eigenvalue weighted by Crippen LogP contribution is 2.23. The molecule has 4 nitrogen and oxygen atoms in total. The number of methoxy groups -OCH3 is 1. The largest absolute Gasteiger partial charge is 0.497 e. The number of rotatable bonds is 5. The Morgan fingerprint density at radius 3 is 2.80 bits per heavy atom. The summed E-state index contributed by atoms with van der Waals surface area (Å²) in [7, 11) is 1.63. The molecule has 1 aromatic heterocycles. The highest BCUT2D eigenvalue weighted by molar-refractivity contribution is 7.16. The van der Waals surface area contributed by atoms with Gasteiger partial charge in [-0.05, 0) is 29.8 Å². The average Bonchev–Trinajstić information content (AvgIpc) is 2.97. The van der Waals surface area contributed by atoms with Gasteiger partial charge in [0.25, 0.3) is 5.91 Å². The van der Waals surface area contributed by atoms with Gasteiger partial charge in [0.2, 0.25) is 0 Å². The Kier molecular flexibility index (Phi) is 5.26. The van der Waals surface area contributed by atoms with Crippen molar-refractivity contribution in [1.82, 2.24) is 4.57 Å². The van der Waals surface area contributed by atoms with E-state index in [2.05, 4.69) is 11.6 Å². The summed E-state index contributed by atoms with van der Waals surface area (Å²) in [6.45, 7) is 4.38. The smallest absolute Gasteiger partial charge is 0.272 e. The maximum absolute atomic E-state index is 12.2. The number of hydrogen-bond donors (Lipinski definition) is 0. The number of ether oxygens (including phenoxy) is 1. The van der Waals surface area contributed by atoms with Crippen molar-refractivity contribution in [2.75, 3.05) is 7.11 Å². The van der Waals surface area contributed by atoms with Crippen molar-refractivity contribution in [2.45, 2.75) is 6.54 Å². The predicted molar refractivity (Wildman–Crippen MR) is 103 cm³/mol. The number of benzene rings is 2. The molecular formula is C20H18N2O2S. The molecule has 0 fully saturated rings. The van der Waals surface area contributed by atoms with Crippen molar-refractivity contribution < 1.29 is 9.53 Å². The molecule has 2 aromatic carbocycles. The van der Waals surface area contributed by atoms with Crippen LogP contribution in [0.15, 0.2) is 72.3 Å². The number of thiazole rings is 1. The first-order chi connectivity index (χ1) is 12.2. The Morgan fingerprint density at radius 2 is 2.08 bits per heavy atom. The van der Waals surface area contributed by atoms with E-state index < -0.39 is 0 Å². The summed E-state index contributed by atoms with van der Waals surface area (Å²) in [5, 5.41) is 0. The van der Waals surface area contributed by atoms with Gasteiger partial charge in [-0.2, -0.15) is 4.99 Å². The Morgan fingerprint density at radius 1 is 1.28 bits per heavy atom. The van der Waals surface area contributed by atoms with Crippen LogP contribution in [-0.2, 0) is 11.3 Å². The lowest BCUT2D eigenvalue weighted by Crippen LogP contribution is -2.15. The summed E-state index contributed by atoms with van der Waals surface area (Å²) < 4.78 is 8.26. The van der Waals surface area contributed by atoms with E-state index in [0.29, 0.717) is 11.3 Å². The Hall–Kier alpha value is -2.92. The van der Waals surface area contributed by atoms with E-state index in [0.717, 1.165) is 21.5 Å². The average molecular weight is 350 g/mol. The first-order valence-electron chi connectivity index (χ1n) is 7.81. The zero-order chi connectivity index (χ0) is 17.6. The Bertz CT molecular complexity index is 997. The fourth-order valence-electron chi connectivity index (χ4n) is 2.43. The van der Waals surface area contributed by atoms with Crippen molar-refractivity contribution in [3.05, 3.63) is 77.6 Å². The van der Waals surface area contributed by atoms with E-state index in [-0.39, 0.29) is 5.91 Å². The number of aromatic nitrogens is 1.